The van der Waals surface area contributed by atoms with Crippen LogP contribution in [-0.2, 0) is 17.9 Å². The predicted molar refractivity (Wildman–Crippen MR) is 126 cm³/mol. The van der Waals surface area contributed by atoms with Crippen molar-refractivity contribution >= 4 is 22.5 Å². The lowest BCUT2D eigenvalue weighted by Gasteiger charge is -2.26. The van der Waals surface area contributed by atoms with Gasteiger partial charge in [0.25, 0.3) is 0 Å². The van der Waals surface area contributed by atoms with E-state index in [1.54, 1.807) is 6.07 Å². The first kappa shape index (κ1) is 22.1. The fourth-order valence-corrected chi connectivity index (χ4v) is 3.88. The van der Waals surface area contributed by atoms with Crippen molar-refractivity contribution in [2.75, 3.05) is 13.1 Å². The molecule has 5 nitrogen and oxygen atoms in total. The molecule has 0 aliphatic carbocycles. The van der Waals surface area contributed by atoms with Crippen molar-refractivity contribution < 1.29 is 13.9 Å². The molecule has 0 radical (unpaired) electrons. The van der Waals surface area contributed by atoms with E-state index >= 15 is 0 Å². The molecule has 4 rings (SSSR count). The van der Waals surface area contributed by atoms with Crippen LogP contribution < -0.4 is 5.32 Å². The molecule has 2 heterocycles. The van der Waals surface area contributed by atoms with Crippen LogP contribution in [0, 0.1) is 5.82 Å². The van der Waals surface area contributed by atoms with Crippen molar-refractivity contribution in [3.63, 3.8) is 0 Å². The zero-order valence-electron chi connectivity index (χ0n) is 18.9. The Kier molecular flexibility index (Phi) is 6.33. The number of rotatable bonds is 5. The number of halogens is 1. The van der Waals surface area contributed by atoms with Gasteiger partial charge in [-0.2, -0.15) is 0 Å². The molecule has 1 aromatic heterocycles. The Morgan fingerprint density at radius 1 is 1.19 bits per heavy atom. The molecule has 1 aliphatic rings. The Hall–Kier alpha value is -3.12. The van der Waals surface area contributed by atoms with Gasteiger partial charge in [0.05, 0.1) is 12.2 Å². The second-order valence-corrected chi connectivity index (χ2v) is 9.20. The second kappa shape index (κ2) is 9.17. The number of benzene rings is 2. The van der Waals surface area contributed by atoms with E-state index in [1.165, 1.54) is 17.7 Å². The summed E-state index contributed by atoms with van der Waals surface area (Å²) in [4.78, 5) is 17.6. The van der Waals surface area contributed by atoms with E-state index in [2.05, 4.69) is 22.4 Å². The van der Waals surface area contributed by atoms with Crippen LogP contribution in [0.25, 0.3) is 16.5 Å². The maximum atomic E-state index is 13.4. The fourth-order valence-electron chi connectivity index (χ4n) is 3.88. The fraction of sp³-hybridized carbons (Fsp3) is 0.346. The molecule has 3 aromatic rings. The average Bonchev–Trinajstić information content (AvgIpc) is 3.19. The first-order valence-electron chi connectivity index (χ1n) is 11.0. The van der Waals surface area contributed by atoms with Gasteiger partial charge in [-0.25, -0.2) is 9.18 Å². The van der Waals surface area contributed by atoms with E-state index in [0.29, 0.717) is 26.2 Å². The van der Waals surface area contributed by atoms with E-state index in [0.717, 1.165) is 34.0 Å². The zero-order valence-corrected chi connectivity index (χ0v) is 18.9. The van der Waals surface area contributed by atoms with Gasteiger partial charge >= 0.3 is 6.03 Å². The summed E-state index contributed by atoms with van der Waals surface area (Å²) >= 11 is 0. The van der Waals surface area contributed by atoms with Gasteiger partial charge in [0.1, 0.15) is 5.82 Å². The molecule has 1 aliphatic heterocycles. The van der Waals surface area contributed by atoms with Crippen LogP contribution >= 0.6 is 0 Å². The Labute approximate surface area is 188 Å². The highest BCUT2D eigenvalue weighted by Gasteiger charge is 2.19. The van der Waals surface area contributed by atoms with E-state index in [9.17, 15) is 9.18 Å². The average molecular weight is 436 g/mol. The van der Waals surface area contributed by atoms with Gasteiger partial charge < -0.3 is 19.9 Å². The van der Waals surface area contributed by atoms with Crippen LogP contribution in [0.5, 0.6) is 0 Å². The molecule has 2 N–H and O–H groups in total. The zero-order chi connectivity index (χ0) is 22.7. The summed E-state index contributed by atoms with van der Waals surface area (Å²) in [6, 6.07) is 12.8. The molecule has 0 spiro atoms. The summed E-state index contributed by atoms with van der Waals surface area (Å²) in [6.07, 6.45) is 4.76. The van der Waals surface area contributed by atoms with Gasteiger partial charge in [-0.3, -0.25) is 0 Å². The quantitative estimate of drug-likeness (QED) is 0.546. The normalized spacial score (nSPS) is 14.5. The summed E-state index contributed by atoms with van der Waals surface area (Å²) < 4.78 is 19.3. The minimum atomic E-state index is -0.251. The van der Waals surface area contributed by atoms with Crippen LogP contribution in [0.2, 0.25) is 0 Å². The number of urea groups is 1. The first-order chi connectivity index (χ1) is 15.3. The molecular weight excluding hydrogens is 405 g/mol. The molecule has 0 saturated carbocycles. The summed E-state index contributed by atoms with van der Waals surface area (Å²) in [5, 5.41) is 4.03. The van der Waals surface area contributed by atoms with Crippen LogP contribution in [-0.4, -0.2) is 34.6 Å². The molecule has 2 amide bonds. The Morgan fingerprint density at radius 3 is 2.75 bits per heavy atom. The molecule has 32 heavy (non-hydrogen) atoms. The number of aromatic nitrogens is 1. The van der Waals surface area contributed by atoms with Crippen molar-refractivity contribution in [2.45, 2.75) is 45.9 Å². The number of ether oxygens (including phenoxy) is 1. The lowest BCUT2D eigenvalue weighted by molar-refractivity contribution is -0.0149. The smallest absolute Gasteiger partial charge is 0.317 e. The van der Waals surface area contributed by atoms with Crippen LogP contribution in [0.1, 0.15) is 43.9 Å². The molecule has 0 unspecified atom stereocenters. The Bertz CT molecular complexity index is 1140. The van der Waals surface area contributed by atoms with Gasteiger partial charge in [0, 0.05) is 42.3 Å². The Morgan fingerprint density at radius 2 is 2.00 bits per heavy atom. The number of nitrogens with one attached hydrogen (secondary N) is 2. The number of H-pyrrole nitrogens is 1. The molecule has 0 fully saturated rings. The van der Waals surface area contributed by atoms with Crippen LogP contribution in [0.4, 0.5) is 9.18 Å². The van der Waals surface area contributed by atoms with Gasteiger partial charge in [-0.1, -0.05) is 30.3 Å². The summed E-state index contributed by atoms with van der Waals surface area (Å²) in [5.74, 6) is -0.251. The van der Waals surface area contributed by atoms with E-state index in [-0.39, 0.29) is 17.4 Å². The van der Waals surface area contributed by atoms with Gasteiger partial charge in [-0.15, -0.1) is 0 Å². The topological polar surface area (TPSA) is 57.4 Å². The molecule has 0 saturated heterocycles. The number of carbonyl (C=O) groups is 1. The minimum absolute atomic E-state index is 0.0716. The van der Waals surface area contributed by atoms with E-state index in [1.807, 2.05) is 50.1 Å². The van der Waals surface area contributed by atoms with Crippen LogP contribution in [0.15, 0.2) is 54.7 Å². The summed E-state index contributed by atoms with van der Waals surface area (Å²) in [5.41, 5.74) is 5.00. The molecule has 6 heteroatoms. The molecular formula is C26H30FN3O2. The van der Waals surface area contributed by atoms with E-state index < -0.39 is 0 Å². The van der Waals surface area contributed by atoms with Crippen molar-refractivity contribution in [3.05, 3.63) is 77.2 Å². The lowest BCUT2D eigenvalue weighted by Crippen LogP contribution is -2.41. The summed E-state index contributed by atoms with van der Waals surface area (Å²) in [7, 11) is 0. The van der Waals surface area contributed by atoms with Crippen molar-refractivity contribution in [1.29, 1.82) is 0 Å². The maximum Gasteiger partial charge on any atom is 0.317 e. The van der Waals surface area contributed by atoms with Gasteiger partial charge in [0.15, 0.2) is 0 Å². The number of amides is 2. The number of hydrogen-bond acceptors (Lipinski definition) is 2. The van der Waals surface area contributed by atoms with Gasteiger partial charge in [0.2, 0.25) is 0 Å². The number of aromatic amines is 1. The van der Waals surface area contributed by atoms with E-state index in [4.69, 9.17) is 4.74 Å². The van der Waals surface area contributed by atoms with Crippen molar-refractivity contribution in [2.24, 2.45) is 0 Å². The Balaban J connectivity index is 1.33. The molecule has 168 valence electrons. The third-order valence-electron chi connectivity index (χ3n) is 5.59. The monoisotopic (exact) mass is 435 g/mol. The molecule has 0 bridgehead atoms. The number of fused-ring (bicyclic) bond motifs is 1. The number of nitrogens with zero attached hydrogens (tertiary/aromatic N) is 1. The van der Waals surface area contributed by atoms with Crippen molar-refractivity contribution in [3.8, 4) is 0 Å². The highest BCUT2D eigenvalue weighted by Crippen LogP contribution is 2.29. The third-order valence-corrected chi connectivity index (χ3v) is 5.59. The van der Waals surface area contributed by atoms with Crippen molar-refractivity contribution in [1.82, 2.24) is 15.2 Å². The van der Waals surface area contributed by atoms with Crippen LogP contribution in [0.3, 0.4) is 0 Å². The molecule has 0 atom stereocenters. The minimum Gasteiger partial charge on any atom is -0.371 e. The standard InChI is InChI=1S/C26H30FN3O2/c1-26(2,3)32-17-19-6-4-5-18(13-19)15-29-25(31)30-11-9-20(10-12-30)23-16-28-24-14-21(27)7-8-22(23)24/h4-9,13-14,16,28H,10-12,15,17H2,1-3H3,(H,29,31). The highest BCUT2D eigenvalue weighted by atomic mass is 19.1. The predicted octanol–water partition coefficient (Wildman–Crippen LogP) is 5.62. The molecule has 2 aromatic carbocycles. The number of hydrogen-bond donors (Lipinski definition) is 2. The number of carbonyl (C=O) groups excluding carboxylic acids is 1. The van der Waals surface area contributed by atoms with Gasteiger partial charge in [-0.05, 0) is 62.1 Å². The first-order valence-corrected chi connectivity index (χ1v) is 11.0. The summed E-state index contributed by atoms with van der Waals surface area (Å²) in [6.45, 7) is 8.32. The third kappa shape index (κ3) is 5.37. The highest BCUT2D eigenvalue weighted by molar-refractivity contribution is 5.93. The second-order valence-electron chi connectivity index (χ2n) is 9.20. The largest absolute Gasteiger partial charge is 0.371 e. The lowest BCUT2D eigenvalue weighted by atomic mass is 9.99. The maximum absolute atomic E-state index is 13.4. The SMILES string of the molecule is CC(C)(C)OCc1cccc(CNC(=O)N2CC=C(c3c[nH]c4cc(F)ccc34)CC2)c1.